The fourth-order valence-electron chi connectivity index (χ4n) is 1.59. The van der Waals surface area contributed by atoms with Gasteiger partial charge >= 0.3 is 0 Å². The Hall–Kier alpha value is -1.81. The molecule has 4 heteroatoms. The van der Waals surface area contributed by atoms with Crippen molar-refractivity contribution in [1.82, 2.24) is 9.55 Å². The average Bonchev–Trinajstić information content (AvgIpc) is 2.74. The van der Waals surface area contributed by atoms with E-state index in [-0.39, 0.29) is 6.61 Å². The number of rotatable bonds is 3. The van der Waals surface area contributed by atoms with Crippen LogP contribution in [0.5, 0.6) is 5.75 Å². The molecule has 1 heterocycles. The van der Waals surface area contributed by atoms with E-state index >= 15 is 0 Å². The van der Waals surface area contributed by atoms with Crippen molar-refractivity contribution in [3.63, 3.8) is 0 Å². The van der Waals surface area contributed by atoms with E-state index in [4.69, 9.17) is 9.84 Å². The van der Waals surface area contributed by atoms with Crippen LogP contribution >= 0.6 is 0 Å². The van der Waals surface area contributed by atoms with Crippen LogP contribution in [0.4, 0.5) is 0 Å². The zero-order valence-electron chi connectivity index (χ0n) is 9.34. The summed E-state index contributed by atoms with van der Waals surface area (Å²) >= 11 is 0. The highest BCUT2D eigenvalue weighted by Crippen LogP contribution is 2.24. The second-order valence-corrected chi connectivity index (χ2v) is 3.59. The number of nitrogens with zero attached hydrogens (tertiary/aromatic N) is 2. The normalized spacial score (nSPS) is 10.4. The molecular weight excluding hydrogens is 204 g/mol. The summed E-state index contributed by atoms with van der Waals surface area (Å²) < 4.78 is 7.19. The maximum absolute atomic E-state index is 9.05. The van der Waals surface area contributed by atoms with Crippen molar-refractivity contribution >= 4 is 0 Å². The molecule has 0 spiro atoms. The number of aliphatic hydroxyl groups is 1. The van der Waals surface area contributed by atoms with Crippen molar-refractivity contribution < 1.29 is 9.84 Å². The summed E-state index contributed by atoms with van der Waals surface area (Å²) in [4.78, 5) is 4.17. The van der Waals surface area contributed by atoms with Gasteiger partial charge in [0.2, 0.25) is 0 Å². The molecule has 2 aromatic rings. The Bertz CT molecular complexity index is 492. The Balaban J connectivity index is 2.48. The first kappa shape index (κ1) is 10.7. The summed E-state index contributed by atoms with van der Waals surface area (Å²) in [6.07, 6.45) is 3.67. The number of methoxy groups -OCH3 is 1. The SMILES string of the molecule is COc1cc(CO)ccc1-n1cnc(C)c1. The van der Waals surface area contributed by atoms with E-state index in [0.29, 0.717) is 0 Å². The van der Waals surface area contributed by atoms with E-state index in [1.54, 1.807) is 13.4 Å². The van der Waals surface area contributed by atoms with Crippen molar-refractivity contribution in [2.45, 2.75) is 13.5 Å². The lowest BCUT2D eigenvalue weighted by Crippen LogP contribution is -1.97. The van der Waals surface area contributed by atoms with Gasteiger partial charge in [0.25, 0.3) is 0 Å². The number of benzene rings is 1. The molecule has 2 rings (SSSR count). The zero-order valence-corrected chi connectivity index (χ0v) is 9.34. The quantitative estimate of drug-likeness (QED) is 0.852. The fourth-order valence-corrected chi connectivity index (χ4v) is 1.59. The highest BCUT2D eigenvalue weighted by molar-refractivity contribution is 5.49. The minimum Gasteiger partial charge on any atom is -0.495 e. The van der Waals surface area contributed by atoms with E-state index in [1.807, 2.05) is 35.9 Å². The lowest BCUT2D eigenvalue weighted by molar-refractivity contribution is 0.281. The lowest BCUT2D eigenvalue weighted by Gasteiger charge is -2.10. The molecule has 1 N–H and O–H groups in total. The average molecular weight is 218 g/mol. The molecule has 0 amide bonds. The molecule has 0 aliphatic carbocycles. The smallest absolute Gasteiger partial charge is 0.143 e. The molecule has 4 nitrogen and oxygen atoms in total. The van der Waals surface area contributed by atoms with Crippen LogP contribution in [0.2, 0.25) is 0 Å². The Morgan fingerprint density at radius 3 is 2.81 bits per heavy atom. The molecule has 0 fully saturated rings. The van der Waals surface area contributed by atoms with Crippen molar-refractivity contribution in [2.24, 2.45) is 0 Å². The van der Waals surface area contributed by atoms with Gasteiger partial charge in [-0.05, 0) is 24.6 Å². The zero-order chi connectivity index (χ0) is 11.5. The molecule has 0 aliphatic heterocycles. The fraction of sp³-hybridized carbons (Fsp3) is 0.250. The Labute approximate surface area is 94.1 Å². The second-order valence-electron chi connectivity index (χ2n) is 3.59. The summed E-state index contributed by atoms with van der Waals surface area (Å²) in [6.45, 7) is 1.95. The molecule has 1 aromatic carbocycles. The Kier molecular flexibility index (Phi) is 2.92. The molecule has 0 saturated carbocycles. The van der Waals surface area contributed by atoms with Crippen molar-refractivity contribution in [3.8, 4) is 11.4 Å². The number of aromatic nitrogens is 2. The molecule has 0 unspecified atom stereocenters. The minimum absolute atomic E-state index is 0.0135. The number of hydrogen-bond donors (Lipinski definition) is 1. The van der Waals surface area contributed by atoms with E-state index < -0.39 is 0 Å². The van der Waals surface area contributed by atoms with E-state index in [2.05, 4.69) is 4.98 Å². The van der Waals surface area contributed by atoms with Gasteiger partial charge in [0.05, 0.1) is 31.4 Å². The van der Waals surface area contributed by atoms with Gasteiger partial charge in [0, 0.05) is 6.20 Å². The topological polar surface area (TPSA) is 47.3 Å². The molecule has 16 heavy (non-hydrogen) atoms. The molecule has 1 aromatic heterocycles. The third-order valence-corrected chi connectivity index (χ3v) is 2.42. The molecule has 0 radical (unpaired) electrons. The van der Waals surface area contributed by atoms with E-state index in [1.165, 1.54) is 0 Å². The van der Waals surface area contributed by atoms with Gasteiger partial charge in [0.1, 0.15) is 5.75 Å². The Morgan fingerprint density at radius 1 is 1.44 bits per heavy atom. The van der Waals surface area contributed by atoms with Crippen LogP contribution in [0, 0.1) is 6.92 Å². The molecule has 0 bridgehead atoms. The van der Waals surface area contributed by atoms with Gasteiger partial charge in [-0.2, -0.15) is 0 Å². The summed E-state index contributed by atoms with van der Waals surface area (Å²) in [7, 11) is 1.61. The van der Waals surface area contributed by atoms with Gasteiger partial charge in [-0.3, -0.25) is 0 Å². The van der Waals surface area contributed by atoms with Crippen LogP contribution in [0.3, 0.4) is 0 Å². The van der Waals surface area contributed by atoms with Gasteiger partial charge < -0.3 is 14.4 Å². The van der Waals surface area contributed by atoms with Gasteiger partial charge in [-0.1, -0.05) is 6.07 Å². The largest absolute Gasteiger partial charge is 0.495 e. The lowest BCUT2D eigenvalue weighted by atomic mass is 10.2. The molecule has 0 aliphatic rings. The van der Waals surface area contributed by atoms with Crippen LogP contribution in [0.1, 0.15) is 11.3 Å². The highest BCUT2D eigenvalue weighted by atomic mass is 16.5. The van der Waals surface area contributed by atoms with Gasteiger partial charge in [0.15, 0.2) is 0 Å². The van der Waals surface area contributed by atoms with Gasteiger partial charge in [-0.15, -0.1) is 0 Å². The standard InChI is InChI=1S/C12H14N2O2/c1-9-6-14(8-13-9)11-4-3-10(7-15)5-12(11)16-2/h3-6,8,15H,7H2,1-2H3. The molecule has 0 saturated heterocycles. The van der Waals surface area contributed by atoms with Crippen molar-refractivity contribution in [1.29, 1.82) is 0 Å². The predicted octanol–water partition coefficient (Wildman–Crippen LogP) is 1.68. The number of imidazole rings is 1. The second kappa shape index (κ2) is 4.37. The maximum Gasteiger partial charge on any atom is 0.143 e. The number of ether oxygens (including phenoxy) is 1. The highest BCUT2D eigenvalue weighted by Gasteiger charge is 2.06. The first-order chi connectivity index (χ1) is 7.74. The van der Waals surface area contributed by atoms with Crippen LogP contribution < -0.4 is 4.74 Å². The summed E-state index contributed by atoms with van der Waals surface area (Å²) in [5.41, 5.74) is 2.70. The number of aryl methyl sites for hydroxylation is 1. The van der Waals surface area contributed by atoms with Crippen LogP contribution in [-0.2, 0) is 6.61 Å². The third-order valence-electron chi connectivity index (χ3n) is 2.42. The van der Waals surface area contributed by atoms with Crippen LogP contribution in [0.15, 0.2) is 30.7 Å². The molecule has 0 atom stereocenters. The summed E-state index contributed by atoms with van der Waals surface area (Å²) in [5.74, 6) is 0.726. The first-order valence-electron chi connectivity index (χ1n) is 5.03. The van der Waals surface area contributed by atoms with Crippen molar-refractivity contribution in [3.05, 3.63) is 42.0 Å². The molecular formula is C12H14N2O2. The Morgan fingerprint density at radius 2 is 2.25 bits per heavy atom. The summed E-state index contributed by atoms with van der Waals surface area (Å²) in [5, 5.41) is 9.05. The molecule has 84 valence electrons. The van der Waals surface area contributed by atoms with Crippen molar-refractivity contribution in [2.75, 3.05) is 7.11 Å². The monoisotopic (exact) mass is 218 g/mol. The predicted molar refractivity (Wildman–Crippen MR) is 60.8 cm³/mol. The van der Waals surface area contributed by atoms with Crippen LogP contribution in [-0.4, -0.2) is 21.8 Å². The van der Waals surface area contributed by atoms with Crippen LogP contribution in [0.25, 0.3) is 5.69 Å². The third kappa shape index (κ3) is 1.92. The summed E-state index contributed by atoms with van der Waals surface area (Å²) in [6, 6.07) is 5.60. The number of hydrogen-bond acceptors (Lipinski definition) is 3. The van der Waals surface area contributed by atoms with E-state index in [9.17, 15) is 0 Å². The number of aliphatic hydroxyl groups excluding tert-OH is 1. The first-order valence-corrected chi connectivity index (χ1v) is 5.03. The van der Waals surface area contributed by atoms with Gasteiger partial charge in [-0.25, -0.2) is 4.98 Å². The van der Waals surface area contributed by atoms with E-state index in [0.717, 1.165) is 22.7 Å². The minimum atomic E-state index is 0.0135. The maximum atomic E-state index is 9.05.